The summed E-state index contributed by atoms with van der Waals surface area (Å²) in [6.07, 6.45) is 1.31. The molecule has 0 aliphatic heterocycles. The summed E-state index contributed by atoms with van der Waals surface area (Å²) in [7, 11) is 1.59. The molecule has 1 rings (SSSR count). The van der Waals surface area contributed by atoms with Gasteiger partial charge in [-0.25, -0.2) is 0 Å². The van der Waals surface area contributed by atoms with Gasteiger partial charge >= 0.3 is 11.9 Å². The van der Waals surface area contributed by atoms with Gasteiger partial charge in [-0.15, -0.1) is 0 Å². The highest BCUT2D eigenvalue weighted by molar-refractivity contribution is 6.00. The largest absolute Gasteiger partial charge is 0.497 e. The molecule has 5 nitrogen and oxygen atoms in total. The first-order valence-corrected chi connectivity index (χ1v) is 8.01. The Labute approximate surface area is 137 Å². The summed E-state index contributed by atoms with van der Waals surface area (Å²) in [5, 5.41) is 0. The van der Waals surface area contributed by atoms with Crippen LogP contribution in [0.2, 0.25) is 0 Å². The van der Waals surface area contributed by atoms with Crippen LogP contribution in [-0.2, 0) is 25.5 Å². The molecule has 0 heterocycles. The van der Waals surface area contributed by atoms with Gasteiger partial charge in [-0.1, -0.05) is 25.5 Å². The normalized spacial score (nSPS) is 11.0. The van der Waals surface area contributed by atoms with Crippen molar-refractivity contribution in [1.29, 1.82) is 0 Å². The zero-order valence-electron chi connectivity index (χ0n) is 14.4. The van der Waals surface area contributed by atoms with Crippen molar-refractivity contribution < 1.29 is 23.8 Å². The van der Waals surface area contributed by atoms with E-state index in [1.54, 1.807) is 21.0 Å². The molecule has 0 fully saturated rings. The Morgan fingerprint density at radius 2 is 1.48 bits per heavy atom. The van der Waals surface area contributed by atoms with E-state index in [4.69, 9.17) is 14.2 Å². The molecule has 0 radical (unpaired) electrons. The molecule has 0 amide bonds. The maximum absolute atomic E-state index is 12.6. The molecule has 128 valence electrons. The first-order chi connectivity index (χ1) is 11.0. The highest BCUT2D eigenvalue weighted by atomic mass is 16.6. The molecule has 0 atom stereocenters. The smallest absolute Gasteiger partial charge is 0.323 e. The molecule has 0 saturated carbocycles. The van der Waals surface area contributed by atoms with Crippen LogP contribution >= 0.6 is 0 Å². The molecule has 1 aromatic carbocycles. The summed E-state index contributed by atoms with van der Waals surface area (Å²) in [6.45, 7) is 5.85. The average molecular weight is 322 g/mol. The fourth-order valence-electron chi connectivity index (χ4n) is 2.58. The van der Waals surface area contributed by atoms with E-state index in [-0.39, 0.29) is 19.6 Å². The fraction of sp³-hybridized carbons (Fsp3) is 0.556. The van der Waals surface area contributed by atoms with Gasteiger partial charge in [0.2, 0.25) is 0 Å². The summed E-state index contributed by atoms with van der Waals surface area (Å²) in [5.74, 6) is -0.311. The van der Waals surface area contributed by atoms with E-state index in [0.29, 0.717) is 12.8 Å². The number of carbonyl (C=O) groups excluding carboxylic acids is 2. The third-order valence-corrected chi connectivity index (χ3v) is 3.67. The number of hydrogen-bond acceptors (Lipinski definition) is 5. The molecule has 0 aliphatic carbocycles. The average Bonchev–Trinajstić information content (AvgIpc) is 2.55. The van der Waals surface area contributed by atoms with E-state index in [1.807, 2.05) is 31.2 Å². The van der Waals surface area contributed by atoms with Crippen molar-refractivity contribution in [1.82, 2.24) is 0 Å². The number of methoxy groups -OCH3 is 1. The molecule has 0 N–H and O–H groups in total. The monoisotopic (exact) mass is 322 g/mol. The van der Waals surface area contributed by atoms with Crippen molar-refractivity contribution in [3.8, 4) is 5.75 Å². The first-order valence-electron chi connectivity index (χ1n) is 8.01. The molecular formula is C18H26O5. The van der Waals surface area contributed by atoms with Crippen LogP contribution in [0.25, 0.3) is 0 Å². The summed E-state index contributed by atoms with van der Waals surface area (Å²) >= 11 is 0. The van der Waals surface area contributed by atoms with Crippen LogP contribution in [0.1, 0.15) is 39.2 Å². The molecule has 0 aromatic heterocycles. The number of carbonyl (C=O) groups is 2. The van der Waals surface area contributed by atoms with Gasteiger partial charge in [0.05, 0.1) is 20.3 Å². The number of esters is 2. The lowest BCUT2D eigenvalue weighted by Crippen LogP contribution is -2.44. The van der Waals surface area contributed by atoms with Crippen molar-refractivity contribution >= 4 is 11.9 Å². The minimum Gasteiger partial charge on any atom is -0.497 e. The van der Waals surface area contributed by atoms with Crippen LogP contribution in [0, 0.1) is 5.41 Å². The Morgan fingerprint density at radius 3 is 1.87 bits per heavy atom. The molecule has 0 spiro atoms. The van der Waals surface area contributed by atoms with Crippen molar-refractivity contribution in [3.05, 3.63) is 29.8 Å². The van der Waals surface area contributed by atoms with Gasteiger partial charge in [0.1, 0.15) is 5.75 Å². The van der Waals surface area contributed by atoms with Gasteiger partial charge in [0, 0.05) is 0 Å². The van der Waals surface area contributed by atoms with Crippen LogP contribution in [0.4, 0.5) is 0 Å². The van der Waals surface area contributed by atoms with E-state index in [9.17, 15) is 9.59 Å². The topological polar surface area (TPSA) is 61.8 Å². The lowest BCUT2D eigenvalue weighted by Gasteiger charge is -2.29. The van der Waals surface area contributed by atoms with Gasteiger partial charge in [0.25, 0.3) is 0 Å². The SMILES string of the molecule is CCCC(Cc1ccc(OC)cc1)(C(=O)OCC)C(=O)OCC. The van der Waals surface area contributed by atoms with Gasteiger partial charge in [-0.05, 0) is 44.4 Å². The van der Waals surface area contributed by atoms with Gasteiger partial charge in [-0.3, -0.25) is 9.59 Å². The van der Waals surface area contributed by atoms with Crippen LogP contribution in [-0.4, -0.2) is 32.3 Å². The molecular weight excluding hydrogens is 296 g/mol. The van der Waals surface area contributed by atoms with Crippen molar-refractivity contribution in [2.45, 2.75) is 40.0 Å². The molecule has 0 unspecified atom stereocenters. The quantitative estimate of drug-likeness (QED) is 0.516. The minimum absolute atomic E-state index is 0.228. The summed E-state index contributed by atoms with van der Waals surface area (Å²) < 4.78 is 15.5. The van der Waals surface area contributed by atoms with E-state index < -0.39 is 17.4 Å². The zero-order chi connectivity index (χ0) is 17.3. The third kappa shape index (κ3) is 4.71. The Kier molecular flexibility index (Phi) is 7.59. The maximum Gasteiger partial charge on any atom is 0.323 e. The zero-order valence-corrected chi connectivity index (χ0v) is 14.4. The van der Waals surface area contributed by atoms with E-state index >= 15 is 0 Å². The molecule has 23 heavy (non-hydrogen) atoms. The number of ether oxygens (including phenoxy) is 3. The molecule has 0 bridgehead atoms. The first kappa shape index (κ1) is 19.0. The molecule has 0 aliphatic rings. The second kappa shape index (κ2) is 9.18. The van der Waals surface area contributed by atoms with Crippen molar-refractivity contribution in [2.75, 3.05) is 20.3 Å². The molecule has 5 heteroatoms. The second-order valence-corrected chi connectivity index (χ2v) is 5.30. The predicted molar refractivity (Wildman–Crippen MR) is 87.3 cm³/mol. The van der Waals surface area contributed by atoms with Gasteiger partial charge in [0.15, 0.2) is 5.41 Å². The summed E-state index contributed by atoms with van der Waals surface area (Å²) in [6, 6.07) is 7.31. The highest BCUT2D eigenvalue weighted by Crippen LogP contribution is 2.33. The Balaban J connectivity index is 3.17. The van der Waals surface area contributed by atoms with E-state index in [2.05, 4.69) is 0 Å². The summed E-state index contributed by atoms with van der Waals surface area (Å²) in [5.41, 5.74) is -0.435. The van der Waals surface area contributed by atoms with Crippen LogP contribution in [0.15, 0.2) is 24.3 Å². The van der Waals surface area contributed by atoms with Crippen molar-refractivity contribution in [3.63, 3.8) is 0 Å². The molecule has 1 aromatic rings. The summed E-state index contributed by atoms with van der Waals surface area (Å²) in [4.78, 5) is 25.1. The van der Waals surface area contributed by atoms with Crippen LogP contribution in [0.5, 0.6) is 5.75 Å². The minimum atomic E-state index is -1.30. The predicted octanol–water partition coefficient (Wildman–Crippen LogP) is 3.15. The van der Waals surface area contributed by atoms with E-state index in [0.717, 1.165) is 11.3 Å². The van der Waals surface area contributed by atoms with Crippen LogP contribution in [0.3, 0.4) is 0 Å². The van der Waals surface area contributed by atoms with Crippen molar-refractivity contribution in [2.24, 2.45) is 5.41 Å². The van der Waals surface area contributed by atoms with Crippen LogP contribution < -0.4 is 4.74 Å². The Morgan fingerprint density at radius 1 is 0.957 bits per heavy atom. The maximum atomic E-state index is 12.6. The lowest BCUT2D eigenvalue weighted by atomic mass is 9.77. The third-order valence-electron chi connectivity index (χ3n) is 3.67. The number of benzene rings is 1. The standard InChI is InChI=1S/C18H26O5/c1-5-12-18(16(19)22-6-2,17(20)23-7-3)13-14-8-10-15(21-4)11-9-14/h8-11H,5-7,12-13H2,1-4H3. The number of hydrogen-bond donors (Lipinski definition) is 0. The molecule has 0 saturated heterocycles. The highest BCUT2D eigenvalue weighted by Gasteiger charge is 2.48. The number of rotatable bonds is 9. The lowest BCUT2D eigenvalue weighted by molar-refractivity contribution is -0.172. The fourth-order valence-corrected chi connectivity index (χ4v) is 2.58. The Hall–Kier alpha value is -2.04. The Bertz CT molecular complexity index is 489. The van der Waals surface area contributed by atoms with Gasteiger partial charge < -0.3 is 14.2 Å². The van der Waals surface area contributed by atoms with E-state index in [1.165, 1.54) is 0 Å². The van der Waals surface area contributed by atoms with Gasteiger partial charge in [-0.2, -0.15) is 0 Å². The second-order valence-electron chi connectivity index (χ2n) is 5.30.